The van der Waals surface area contributed by atoms with Crippen molar-refractivity contribution < 1.29 is 35.1 Å². The van der Waals surface area contributed by atoms with Crippen LogP contribution in [0, 0.1) is 46.5 Å². The molecule has 39 heavy (non-hydrogen) atoms. The number of halogens is 8. The van der Waals surface area contributed by atoms with Crippen LogP contribution < -0.4 is 0 Å². The SMILES string of the molecule is Fc1cc(F)c(F)c(-c2ccc(-c3ccc(-c4ccc(-c5c(F)c(F)cc(F)c5F)s4)c4nsnc34)s2)c1F. The van der Waals surface area contributed by atoms with E-state index in [4.69, 9.17) is 0 Å². The molecule has 3 aromatic carbocycles. The largest absolute Gasteiger partial charge is 0.204 e. The van der Waals surface area contributed by atoms with Gasteiger partial charge in [-0.05, 0) is 24.3 Å². The molecule has 0 aliphatic carbocycles. The summed E-state index contributed by atoms with van der Waals surface area (Å²) in [4.78, 5) is 0.856. The molecule has 0 N–H and O–H groups in total. The smallest absolute Gasteiger partial charge is 0.170 e. The number of aromatic nitrogens is 2. The summed E-state index contributed by atoms with van der Waals surface area (Å²) in [6, 6.07) is 9.22. The minimum Gasteiger partial charge on any atom is -0.204 e. The average molecular weight is 597 g/mol. The van der Waals surface area contributed by atoms with Crippen molar-refractivity contribution in [1.29, 1.82) is 0 Å². The lowest BCUT2D eigenvalue weighted by molar-refractivity contribution is 0.458. The Kier molecular flexibility index (Phi) is 6.24. The summed E-state index contributed by atoms with van der Waals surface area (Å²) >= 11 is 2.63. The number of nitrogens with zero attached hydrogens (tertiary/aromatic N) is 2. The van der Waals surface area contributed by atoms with E-state index in [0.717, 1.165) is 34.4 Å². The molecule has 2 nitrogen and oxygen atoms in total. The zero-order valence-electron chi connectivity index (χ0n) is 18.8. The molecule has 0 fully saturated rings. The van der Waals surface area contributed by atoms with Gasteiger partial charge in [0.2, 0.25) is 0 Å². The molecule has 0 radical (unpaired) electrons. The van der Waals surface area contributed by atoms with Crippen molar-refractivity contribution >= 4 is 45.4 Å². The molecular formula is C26H8F8N2S3. The Bertz CT molecular complexity index is 1740. The lowest BCUT2D eigenvalue weighted by Gasteiger charge is -2.06. The molecule has 196 valence electrons. The van der Waals surface area contributed by atoms with Crippen LogP contribution in [-0.4, -0.2) is 8.75 Å². The molecule has 0 aliphatic heterocycles. The van der Waals surface area contributed by atoms with Gasteiger partial charge in [0.05, 0.1) is 22.9 Å². The quantitative estimate of drug-likeness (QED) is 0.150. The maximum atomic E-state index is 14.3. The van der Waals surface area contributed by atoms with Gasteiger partial charge in [0.25, 0.3) is 0 Å². The first-order chi connectivity index (χ1) is 18.7. The van der Waals surface area contributed by atoms with Gasteiger partial charge in [-0.1, -0.05) is 12.1 Å². The Hall–Kier alpha value is -3.68. The fourth-order valence-electron chi connectivity index (χ4n) is 4.08. The molecule has 0 spiro atoms. The number of hydrogen-bond acceptors (Lipinski definition) is 5. The minimum absolute atomic E-state index is 0.0481. The Balaban J connectivity index is 1.43. The second-order valence-corrected chi connectivity index (χ2v) is 10.8. The first-order valence-electron chi connectivity index (χ1n) is 10.8. The molecule has 6 rings (SSSR count). The summed E-state index contributed by atoms with van der Waals surface area (Å²) in [5, 5.41) is 0. The van der Waals surface area contributed by atoms with Gasteiger partial charge in [0, 0.05) is 42.8 Å². The molecule has 0 atom stereocenters. The van der Waals surface area contributed by atoms with Crippen molar-refractivity contribution in [2.45, 2.75) is 0 Å². The Morgan fingerprint density at radius 1 is 0.436 bits per heavy atom. The van der Waals surface area contributed by atoms with E-state index in [1.54, 1.807) is 12.1 Å². The first-order valence-corrected chi connectivity index (χ1v) is 13.1. The molecule has 3 aromatic heterocycles. The molecule has 13 heteroatoms. The van der Waals surface area contributed by atoms with Crippen LogP contribution in [-0.2, 0) is 0 Å². The van der Waals surface area contributed by atoms with Crippen LogP contribution in [0.3, 0.4) is 0 Å². The lowest BCUT2D eigenvalue weighted by Crippen LogP contribution is -1.97. The van der Waals surface area contributed by atoms with Crippen LogP contribution in [0.1, 0.15) is 0 Å². The number of thiophene rings is 2. The van der Waals surface area contributed by atoms with E-state index < -0.39 is 57.7 Å². The molecule has 6 aromatic rings. The van der Waals surface area contributed by atoms with Crippen molar-refractivity contribution in [3.8, 4) is 41.8 Å². The molecule has 0 amide bonds. The summed E-state index contributed by atoms with van der Waals surface area (Å²) in [7, 11) is 0. The highest BCUT2D eigenvalue weighted by Gasteiger charge is 2.25. The summed E-state index contributed by atoms with van der Waals surface area (Å²) in [6.45, 7) is 0. The highest BCUT2D eigenvalue weighted by Crippen LogP contribution is 2.44. The zero-order chi connectivity index (χ0) is 27.6. The third-order valence-electron chi connectivity index (χ3n) is 5.87. The monoisotopic (exact) mass is 596 g/mol. The van der Waals surface area contributed by atoms with E-state index in [2.05, 4.69) is 8.75 Å². The number of fused-ring (bicyclic) bond motifs is 1. The van der Waals surface area contributed by atoms with E-state index in [1.807, 2.05) is 0 Å². The van der Waals surface area contributed by atoms with Crippen molar-refractivity contribution in [1.82, 2.24) is 8.75 Å². The summed E-state index contributed by atoms with van der Waals surface area (Å²) < 4.78 is 121. The van der Waals surface area contributed by atoms with Gasteiger partial charge in [-0.3, -0.25) is 0 Å². The zero-order valence-corrected chi connectivity index (χ0v) is 21.2. The maximum absolute atomic E-state index is 14.3. The minimum atomic E-state index is -1.52. The molecule has 0 unspecified atom stereocenters. The number of benzene rings is 3. The van der Waals surface area contributed by atoms with Crippen LogP contribution in [0.25, 0.3) is 52.8 Å². The number of hydrogen-bond donors (Lipinski definition) is 0. The normalized spacial score (nSPS) is 11.6. The van der Waals surface area contributed by atoms with Crippen molar-refractivity contribution in [3.05, 3.63) is 95.1 Å². The Labute approximate surface area is 225 Å². The van der Waals surface area contributed by atoms with E-state index in [9.17, 15) is 35.1 Å². The fourth-order valence-corrected chi connectivity index (χ4v) is 6.78. The predicted molar refractivity (Wildman–Crippen MR) is 135 cm³/mol. The van der Waals surface area contributed by atoms with Crippen LogP contribution in [0.5, 0.6) is 0 Å². The van der Waals surface area contributed by atoms with Crippen LogP contribution in [0.4, 0.5) is 35.1 Å². The highest BCUT2D eigenvalue weighted by molar-refractivity contribution is 7.19. The lowest BCUT2D eigenvalue weighted by atomic mass is 10.1. The van der Waals surface area contributed by atoms with Gasteiger partial charge < -0.3 is 0 Å². The molecule has 0 saturated heterocycles. The average Bonchev–Trinajstić information content (AvgIpc) is 3.68. The van der Waals surface area contributed by atoms with Gasteiger partial charge in [0.1, 0.15) is 11.0 Å². The van der Waals surface area contributed by atoms with Gasteiger partial charge >= 0.3 is 0 Å². The van der Waals surface area contributed by atoms with Crippen LogP contribution in [0.15, 0.2) is 48.5 Å². The molecule has 0 aliphatic rings. The second kappa shape index (κ2) is 9.50. The van der Waals surface area contributed by atoms with Gasteiger partial charge in [0.15, 0.2) is 46.5 Å². The second-order valence-electron chi connectivity index (χ2n) is 8.14. The molecule has 0 bridgehead atoms. The maximum Gasteiger partial charge on any atom is 0.170 e. The van der Waals surface area contributed by atoms with E-state index in [1.165, 1.54) is 24.3 Å². The summed E-state index contributed by atoms with van der Waals surface area (Å²) in [5.74, 6) is -12.2. The molecule has 3 heterocycles. The van der Waals surface area contributed by atoms with Crippen LogP contribution in [0.2, 0.25) is 0 Å². The topological polar surface area (TPSA) is 25.8 Å². The molecule has 0 saturated carbocycles. The van der Waals surface area contributed by atoms with Crippen molar-refractivity contribution in [2.75, 3.05) is 0 Å². The van der Waals surface area contributed by atoms with Gasteiger partial charge in [-0.25, -0.2) is 35.1 Å². The van der Waals surface area contributed by atoms with Crippen molar-refractivity contribution in [2.24, 2.45) is 0 Å². The third-order valence-corrected chi connectivity index (χ3v) is 8.68. The van der Waals surface area contributed by atoms with Gasteiger partial charge in [-0.2, -0.15) is 8.75 Å². The van der Waals surface area contributed by atoms with Crippen LogP contribution >= 0.6 is 34.4 Å². The fraction of sp³-hybridized carbons (Fsp3) is 0. The van der Waals surface area contributed by atoms with Crippen molar-refractivity contribution in [3.63, 3.8) is 0 Å². The standard InChI is InChI=1S/C26H8F8N2S3/c27-11-7-12(28)22(32)19(21(11)31)17-5-3-15(37-17)9-1-2-10(26-25(9)35-39-36-26)16-4-6-18(38-16)20-23(33)13(29)8-14(30)24(20)34/h1-8H. The summed E-state index contributed by atoms with van der Waals surface area (Å²) in [6.07, 6.45) is 0. The Morgan fingerprint density at radius 3 is 1.13 bits per heavy atom. The first kappa shape index (κ1) is 25.6. The van der Waals surface area contributed by atoms with E-state index >= 15 is 0 Å². The summed E-state index contributed by atoms with van der Waals surface area (Å²) in [5.41, 5.74) is 0.151. The molecular weight excluding hydrogens is 588 g/mol. The van der Waals surface area contributed by atoms with Gasteiger partial charge in [-0.15, -0.1) is 22.7 Å². The Morgan fingerprint density at radius 2 is 0.769 bits per heavy atom. The third kappa shape index (κ3) is 4.12. The van der Waals surface area contributed by atoms with E-state index in [0.29, 0.717) is 31.9 Å². The highest BCUT2D eigenvalue weighted by atomic mass is 32.1. The predicted octanol–water partition coefficient (Wildman–Crippen LogP) is 9.60. The number of rotatable bonds is 4. The van der Waals surface area contributed by atoms with E-state index in [-0.39, 0.29) is 21.9 Å².